The maximum atomic E-state index is 15.0. The predicted molar refractivity (Wildman–Crippen MR) is 113 cm³/mol. The Labute approximate surface area is 188 Å². The van der Waals surface area contributed by atoms with Crippen LogP contribution < -0.4 is 0 Å². The number of halogens is 6. The van der Waals surface area contributed by atoms with E-state index in [0.29, 0.717) is 12.1 Å². The smallest absolute Gasteiger partial charge is 0.164 e. The summed E-state index contributed by atoms with van der Waals surface area (Å²) in [5, 5.41) is 12.4. The van der Waals surface area contributed by atoms with E-state index in [1.165, 1.54) is 29.9 Å². The van der Waals surface area contributed by atoms with Gasteiger partial charge in [0.1, 0.15) is 17.7 Å². The van der Waals surface area contributed by atoms with Gasteiger partial charge in [0.15, 0.2) is 23.3 Å². The van der Waals surface area contributed by atoms with Crippen LogP contribution in [0.2, 0.25) is 0 Å². The molecule has 1 N–H and O–H groups in total. The average molecular weight is 479 g/mol. The van der Waals surface area contributed by atoms with Crippen LogP contribution in [-0.2, 0) is 0 Å². The molecular weight excluding hydrogens is 464 g/mol. The van der Waals surface area contributed by atoms with Gasteiger partial charge in [-0.1, -0.05) is 6.07 Å². The predicted octanol–water partition coefficient (Wildman–Crippen LogP) is 7.01. The highest BCUT2D eigenvalue weighted by molar-refractivity contribution is 7.14. The molecule has 1 unspecified atom stereocenters. The summed E-state index contributed by atoms with van der Waals surface area (Å²) >= 11 is 0.817. The summed E-state index contributed by atoms with van der Waals surface area (Å²) in [7, 11) is 0. The molecule has 1 atom stereocenters. The highest BCUT2D eigenvalue weighted by Crippen LogP contribution is 2.46. The molecule has 0 bridgehead atoms. The van der Waals surface area contributed by atoms with E-state index in [0.717, 1.165) is 25.2 Å². The summed E-state index contributed by atoms with van der Waals surface area (Å²) < 4.78 is 86.0. The number of nitrogens with zero attached hydrogens (tertiary/aromatic N) is 1. The summed E-state index contributed by atoms with van der Waals surface area (Å²) in [4.78, 5) is 3.89. The van der Waals surface area contributed by atoms with Crippen LogP contribution in [0.4, 0.5) is 26.3 Å². The molecule has 9 heteroatoms. The SMILES string of the molecule is Cc1c(F)c(F)cc(-c2csc(-c3cc(F)c(F)c(C)c3F)c2C(O)c2cccnc2)c1F. The number of pyridine rings is 1. The largest absolute Gasteiger partial charge is 0.384 e. The Bertz CT molecular complexity index is 1290. The zero-order chi connectivity index (χ0) is 24.0. The first kappa shape index (κ1) is 23.0. The Balaban J connectivity index is 2.05. The third kappa shape index (κ3) is 3.81. The third-order valence-corrected chi connectivity index (χ3v) is 6.42. The summed E-state index contributed by atoms with van der Waals surface area (Å²) in [6.07, 6.45) is 1.24. The van der Waals surface area contributed by atoms with Crippen LogP contribution >= 0.6 is 11.3 Å². The van der Waals surface area contributed by atoms with E-state index in [-0.39, 0.29) is 32.7 Å². The molecule has 0 aliphatic rings. The number of rotatable bonds is 4. The lowest BCUT2D eigenvalue weighted by molar-refractivity contribution is 0.221. The quantitative estimate of drug-likeness (QED) is 0.252. The van der Waals surface area contributed by atoms with Crippen molar-refractivity contribution in [1.82, 2.24) is 4.98 Å². The third-order valence-electron chi connectivity index (χ3n) is 5.39. The lowest BCUT2D eigenvalue weighted by Gasteiger charge is -2.17. The molecule has 4 rings (SSSR count). The van der Waals surface area contributed by atoms with Crippen LogP contribution in [0.1, 0.15) is 28.4 Å². The van der Waals surface area contributed by atoms with Crippen molar-refractivity contribution in [3.8, 4) is 21.6 Å². The Morgan fingerprint density at radius 2 is 1.39 bits per heavy atom. The number of aliphatic hydroxyl groups is 1. The summed E-state index contributed by atoms with van der Waals surface area (Å²) in [6.45, 7) is 2.11. The van der Waals surface area contributed by atoms with Gasteiger partial charge in [0, 0.05) is 56.2 Å². The fourth-order valence-electron chi connectivity index (χ4n) is 3.58. The van der Waals surface area contributed by atoms with Gasteiger partial charge in [-0.25, -0.2) is 26.3 Å². The molecule has 0 aliphatic carbocycles. The van der Waals surface area contributed by atoms with Gasteiger partial charge in [-0.2, -0.15) is 0 Å². The van der Waals surface area contributed by atoms with E-state index in [9.17, 15) is 31.4 Å². The van der Waals surface area contributed by atoms with Crippen molar-refractivity contribution in [3.05, 3.63) is 99.2 Å². The molecule has 2 aromatic carbocycles. The minimum atomic E-state index is -1.52. The van der Waals surface area contributed by atoms with Crippen molar-refractivity contribution in [2.75, 3.05) is 0 Å². The Morgan fingerprint density at radius 1 is 0.818 bits per heavy atom. The molecule has 0 fully saturated rings. The van der Waals surface area contributed by atoms with Gasteiger partial charge < -0.3 is 5.11 Å². The maximum Gasteiger partial charge on any atom is 0.164 e. The molecule has 2 nitrogen and oxygen atoms in total. The minimum absolute atomic E-state index is 0.0253. The van der Waals surface area contributed by atoms with Gasteiger partial charge in [-0.3, -0.25) is 4.98 Å². The zero-order valence-electron chi connectivity index (χ0n) is 17.2. The topological polar surface area (TPSA) is 33.1 Å². The van der Waals surface area contributed by atoms with E-state index < -0.39 is 52.1 Å². The van der Waals surface area contributed by atoms with Crippen molar-refractivity contribution < 1.29 is 31.4 Å². The van der Waals surface area contributed by atoms with E-state index in [1.807, 2.05) is 0 Å². The van der Waals surface area contributed by atoms with Crippen LogP contribution in [0.5, 0.6) is 0 Å². The molecule has 2 aromatic heterocycles. The second-order valence-corrected chi connectivity index (χ2v) is 8.28. The Kier molecular flexibility index (Phi) is 6.02. The standard InChI is InChI=1S/C24H15F6NOS/c1-10-19(27)13(6-16(25)21(10)29)15-9-33-24(14-7-17(26)22(30)11(2)20(14)28)18(15)23(32)12-4-3-5-31-8-12/h3-9,23,32H,1-2H3. The van der Waals surface area contributed by atoms with Gasteiger partial charge in [-0.05, 0) is 37.4 Å². The average Bonchev–Trinajstić information content (AvgIpc) is 3.25. The minimum Gasteiger partial charge on any atom is -0.384 e. The fourth-order valence-corrected chi connectivity index (χ4v) is 4.70. The Morgan fingerprint density at radius 3 is 1.97 bits per heavy atom. The molecule has 170 valence electrons. The molecule has 0 spiro atoms. The first-order valence-electron chi connectivity index (χ1n) is 9.61. The molecule has 0 amide bonds. The number of hydrogen-bond donors (Lipinski definition) is 1. The summed E-state index contributed by atoms with van der Waals surface area (Å²) in [6, 6.07) is 4.30. The van der Waals surface area contributed by atoms with Crippen molar-refractivity contribution in [2.45, 2.75) is 20.0 Å². The van der Waals surface area contributed by atoms with Crippen molar-refractivity contribution in [2.24, 2.45) is 0 Å². The van der Waals surface area contributed by atoms with Gasteiger partial charge >= 0.3 is 0 Å². The van der Waals surface area contributed by atoms with Crippen LogP contribution in [0.25, 0.3) is 21.6 Å². The molecular formula is C24H15F6NOS. The fraction of sp³-hybridized carbons (Fsp3) is 0.125. The number of benzene rings is 2. The van der Waals surface area contributed by atoms with Crippen LogP contribution in [0.3, 0.4) is 0 Å². The highest BCUT2D eigenvalue weighted by atomic mass is 32.1. The van der Waals surface area contributed by atoms with Crippen molar-refractivity contribution in [3.63, 3.8) is 0 Å². The second-order valence-electron chi connectivity index (χ2n) is 7.40. The van der Waals surface area contributed by atoms with Gasteiger partial charge in [0.25, 0.3) is 0 Å². The number of aliphatic hydroxyl groups excluding tert-OH is 1. The lowest BCUT2D eigenvalue weighted by atomic mass is 9.91. The lowest BCUT2D eigenvalue weighted by Crippen LogP contribution is -2.05. The van der Waals surface area contributed by atoms with E-state index in [4.69, 9.17) is 0 Å². The maximum absolute atomic E-state index is 15.0. The van der Waals surface area contributed by atoms with Gasteiger partial charge in [0.05, 0.1) is 0 Å². The number of aromatic nitrogens is 1. The zero-order valence-corrected chi connectivity index (χ0v) is 18.0. The van der Waals surface area contributed by atoms with E-state index >= 15 is 0 Å². The monoisotopic (exact) mass is 479 g/mol. The van der Waals surface area contributed by atoms with E-state index in [2.05, 4.69) is 4.98 Å². The van der Waals surface area contributed by atoms with Crippen LogP contribution in [0.15, 0.2) is 42.0 Å². The first-order chi connectivity index (χ1) is 15.6. The molecule has 4 aromatic rings. The molecule has 0 radical (unpaired) electrons. The normalized spacial score (nSPS) is 12.3. The van der Waals surface area contributed by atoms with Gasteiger partial charge in [0.2, 0.25) is 0 Å². The summed E-state index contributed by atoms with van der Waals surface area (Å²) in [5.74, 6) is -7.47. The van der Waals surface area contributed by atoms with Crippen molar-refractivity contribution in [1.29, 1.82) is 0 Å². The molecule has 0 saturated heterocycles. The Hall–Kier alpha value is -3.17. The van der Waals surface area contributed by atoms with Crippen LogP contribution in [0, 0.1) is 48.8 Å². The molecule has 0 saturated carbocycles. The molecule has 33 heavy (non-hydrogen) atoms. The second kappa shape index (κ2) is 8.64. The molecule has 0 aliphatic heterocycles. The molecule has 2 heterocycles. The number of thiophene rings is 1. The summed E-state index contributed by atoms with van der Waals surface area (Å²) in [5.41, 5.74) is -1.77. The highest BCUT2D eigenvalue weighted by Gasteiger charge is 2.29. The number of hydrogen-bond acceptors (Lipinski definition) is 3. The van der Waals surface area contributed by atoms with Crippen LogP contribution in [-0.4, -0.2) is 10.1 Å². The van der Waals surface area contributed by atoms with E-state index in [1.54, 1.807) is 0 Å². The van der Waals surface area contributed by atoms with Crippen molar-refractivity contribution >= 4 is 11.3 Å². The van der Waals surface area contributed by atoms with Gasteiger partial charge in [-0.15, -0.1) is 11.3 Å². The first-order valence-corrected chi connectivity index (χ1v) is 10.5.